The Hall–Kier alpha value is -4.33. The minimum atomic E-state index is -4.45. The lowest BCUT2D eigenvalue weighted by Crippen LogP contribution is -2.52. The molecule has 0 amide bonds. The first-order valence-electron chi connectivity index (χ1n) is 14.6. The minimum Gasteiger partial charge on any atom is -0.249 e. The van der Waals surface area contributed by atoms with E-state index in [1.165, 1.54) is 75.6 Å². The largest absolute Gasteiger partial charge is 0.416 e. The maximum Gasteiger partial charge on any atom is 0.416 e. The summed E-state index contributed by atoms with van der Waals surface area (Å²) in [5, 5.41) is 4.99. The SMILES string of the molecule is Cc1cc2nc3c(nc2cc1C(F)(F)F)C1c2cc4c(cc2C12c1cc5c(cc1C32)sc1ccccc15)sc1ccccc14. The molecular formula is C37H19F3N2S2. The Morgan fingerprint density at radius 2 is 1.16 bits per heavy atom. The number of rotatable bonds is 0. The first kappa shape index (κ1) is 24.0. The van der Waals surface area contributed by atoms with Gasteiger partial charge in [-0.3, -0.25) is 0 Å². The van der Waals surface area contributed by atoms with Gasteiger partial charge in [-0.15, -0.1) is 22.7 Å². The van der Waals surface area contributed by atoms with Crippen molar-refractivity contribution in [3.8, 4) is 0 Å². The molecule has 5 aromatic carbocycles. The minimum absolute atomic E-state index is 0.0194. The van der Waals surface area contributed by atoms with Gasteiger partial charge in [-0.2, -0.15) is 13.2 Å². The van der Waals surface area contributed by atoms with Crippen molar-refractivity contribution in [1.82, 2.24) is 9.97 Å². The van der Waals surface area contributed by atoms with Crippen LogP contribution in [0, 0.1) is 6.92 Å². The fourth-order valence-electron chi connectivity index (χ4n) is 8.73. The van der Waals surface area contributed by atoms with Crippen LogP contribution in [0.1, 0.15) is 56.6 Å². The molecule has 2 nitrogen and oxygen atoms in total. The molecule has 3 atom stereocenters. The molecule has 0 N–H and O–H groups in total. The van der Waals surface area contributed by atoms with Crippen LogP contribution in [0.25, 0.3) is 51.4 Å². The van der Waals surface area contributed by atoms with E-state index in [9.17, 15) is 13.2 Å². The van der Waals surface area contributed by atoms with Crippen LogP contribution in [0.5, 0.6) is 0 Å². The van der Waals surface area contributed by atoms with Gasteiger partial charge in [-0.1, -0.05) is 36.4 Å². The highest BCUT2D eigenvalue weighted by Crippen LogP contribution is 2.77. The van der Waals surface area contributed by atoms with Crippen LogP contribution < -0.4 is 0 Å². The fourth-order valence-corrected chi connectivity index (χ4v) is 11.0. The molecule has 1 spiro atoms. The number of aryl methyl sites for hydroxylation is 1. The highest BCUT2D eigenvalue weighted by atomic mass is 32.1. The van der Waals surface area contributed by atoms with Gasteiger partial charge < -0.3 is 0 Å². The Bertz CT molecular complexity index is 2650. The zero-order valence-corrected chi connectivity index (χ0v) is 24.7. The third-order valence-corrected chi connectivity index (χ3v) is 12.7. The van der Waals surface area contributed by atoms with Gasteiger partial charge in [0.15, 0.2) is 0 Å². The number of fused-ring (bicyclic) bond motifs is 14. The van der Waals surface area contributed by atoms with Crippen LogP contribution in [-0.4, -0.2) is 9.97 Å². The van der Waals surface area contributed by atoms with E-state index in [0.717, 1.165) is 11.4 Å². The normalized spacial score (nSPS) is 21.3. The van der Waals surface area contributed by atoms with E-state index in [4.69, 9.17) is 9.97 Å². The van der Waals surface area contributed by atoms with E-state index in [2.05, 4.69) is 72.8 Å². The van der Waals surface area contributed by atoms with Crippen LogP contribution in [-0.2, 0) is 11.6 Å². The Morgan fingerprint density at radius 1 is 0.614 bits per heavy atom. The summed E-state index contributed by atoms with van der Waals surface area (Å²) in [6.45, 7) is 1.51. The standard InChI is InChI=1S/C37H19F3N2S2/c1-16-10-26-27(14-23(16)37(38,39)40)42-34-32-21-11-19-17-6-2-4-8-28(17)44-31(19)15-25(21)36(32)24-12-20-18-7-3-5-9-29(18)43-30(20)13-22(24)33(36)35(34)41-26/h2-15,32-33H,1H3. The summed E-state index contributed by atoms with van der Waals surface area (Å²) >= 11 is 3.63. The Kier molecular flexibility index (Phi) is 4.09. The van der Waals surface area contributed by atoms with Crippen molar-refractivity contribution in [1.29, 1.82) is 0 Å². The van der Waals surface area contributed by atoms with Crippen LogP contribution in [0.2, 0.25) is 0 Å². The summed E-state index contributed by atoms with van der Waals surface area (Å²) < 4.78 is 46.8. The molecule has 0 bridgehead atoms. The van der Waals surface area contributed by atoms with Crippen LogP contribution in [0.15, 0.2) is 84.9 Å². The Labute approximate surface area is 256 Å². The molecule has 0 aliphatic heterocycles. The average Bonchev–Trinajstić information content (AvgIpc) is 3.60. The molecule has 3 aromatic heterocycles. The molecule has 210 valence electrons. The quantitative estimate of drug-likeness (QED) is 0.170. The van der Waals surface area contributed by atoms with E-state index in [1.54, 1.807) is 6.07 Å². The third kappa shape index (κ3) is 2.60. The lowest BCUT2D eigenvalue weighted by atomic mass is 9.43. The van der Waals surface area contributed by atoms with Crippen molar-refractivity contribution >= 4 is 74.1 Å². The van der Waals surface area contributed by atoms with Gasteiger partial charge in [0.25, 0.3) is 0 Å². The molecule has 8 aromatic rings. The van der Waals surface area contributed by atoms with Crippen molar-refractivity contribution in [3.63, 3.8) is 0 Å². The molecular weight excluding hydrogens is 594 g/mol. The van der Waals surface area contributed by atoms with Crippen LogP contribution >= 0.6 is 22.7 Å². The topological polar surface area (TPSA) is 25.8 Å². The Morgan fingerprint density at radius 3 is 1.82 bits per heavy atom. The van der Waals surface area contributed by atoms with Gasteiger partial charge in [0.05, 0.1) is 28.0 Å². The molecule has 3 unspecified atom stereocenters. The predicted molar refractivity (Wildman–Crippen MR) is 172 cm³/mol. The third-order valence-electron chi connectivity index (χ3n) is 10.4. The highest BCUT2D eigenvalue weighted by molar-refractivity contribution is 7.26. The molecule has 0 fully saturated rings. The molecule has 7 heteroatoms. The summed E-state index contributed by atoms with van der Waals surface area (Å²) in [5.41, 5.74) is 6.92. The van der Waals surface area contributed by atoms with Gasteiger partial charge in [-0.05, 0) is 83.3 Å². The molecule has 3 aliphatic carbocycles. The zero-order chi connectivity index (χ0) is 29.3. The van der Waals surface area contributed by atoms with Gasteiger partial charge in [-0.25, -0.2) is 9.97 Å². The molecule has 3 heterocycles. The van der Waals surface area contributed by atoms with E-state index in [-0.39, 0.29) is 22.8 Å². The molecule has 11 rings (SSSR count). The summed E-state index contributed by atoms with van der Waals surface area (Å²) in [6, 6.07) is 29.2. The maximum absolute atomic E-state index is 13.9. The van der Waals surface area contributed by atoms with E-state index >= 15 is 0 Å². The maximum atomic E-state index is 13.9. The number of thiophene rings is 2. The van der Waals surface area contributed by atoms with Crippen molar-refractivity contribution in [2.75, 3.05) is 0 Å². The summed E-state index contributed by atoms with van der Waals surface area (Å²) in [4.78, 5) is 10.2. The summed E-state index contributed by atoms with van der Waals surface area (Å²) in [6.07, 6.45) is -4.45. The average molecular weight is 613 g/mol. The lowest BCUT2D eigenvalue weighted by molar-refractivity contribution is -0.137. The molecule has 44 heavy (non-hydrogen) atoms. The smallest absolute Gasteiger partial charge is 0.249 e. The van der Waals surface area contributed by atoms with Crippen molar-refractivity contribution in [3.05, 3.63) is 130 Å². The summed E-state index contributed by atoms with van der Waals surface area (Å²) in [5.74, 6) is -0.0334. The number of hydrogen-bond donors (Lipinski definition) is 0. The van der Waals surface area contributed by atoms with Gasteiger partial charge in [0.1, 0.15) is 0 Å². The molecule has 0 radical (unpaired) electrons. The molecule has 0 saturated carbocycles. The molecule has 0 saturated heterocycles. The van der Waals surface area contributed by atoms with Gasteiger partial charge >= 0.3 is 6.18 Å². The first-order chi connectivity index (χ1) is 21.3. The second kappa shape index (κ2) is 7.48. The van der Waals surface area contributed by atoms with Crippen molar-refractivity contribution in [2.45, 2.75) is 30.4 Å². The lowest BCUT2D eigenvalue weighted by Gasteiger charge is -2.58. The first-order valence-corrected chi connectivity index (χ1v) is 16.3. The van der Waals surface area contributed by atoms with E-state index in [1.807, 2.05) is 22.7 Å². The van der Waals surface area contributed by atoms with Crippen LogP contribution in [0.4, 0.5) is 13.2 Å². The number of alkyl halides is 3. The Balaban J connectivity index is 1.24. The highest BCUT2D eigenvalue weighted by Gasteiger charge is 2.71. The number of benzene rings is 5. The monoisotopic (exact) mass is 612 g/mol. The number of hydrogen-bond acceptors (Lipinski definition) is 4. The van der Waals surface area contributed by atoms with Gasteiger partial charge in [0.2, 0.25) is 0 Å². The number of aromatic nitrogens is 2. The second-order valence-electron chi connectivity index (χ2n) is 12.5. The zero-order valence-electron chi connectivity index (χ0n) is 23.1. The van der Waals surface area contributed by atoms with Crippen LogP contribution in [0.3, 0.4) is 0 Å². The number of nitrogens with zero attached hydrogens (tertiary/aromatic N) is 2. The number of halogens is 3. The second-order valence-corrected chi connectivity index (χ2v) is 14.6. The van der Waals surface area contributed by atoms with Crippen molar-refractivity contribution in [2.24, 2.45) is 0 Å². The van der Waals surface area contributed by atoms with Gasteiger partial charge in [0, 0.05) is 57.6 Å². The van der Waals surface area contributed by atoms with Crippen molar-refractivity contribution < 1.29 is 13.2 Å². The van der Waals surface area contributed by atoms with E-state index in [0.29, 0.717) is 11.0 Å². The summed E-state index contributed by atoms with van der Waals surface area (Å²) in [7, 11) is 0. The van der Waals surface area contributed by atoms with E-state index < -0.39 is 11.7 Å². The predicted octanol–water partition coefficient (Wildman–Crippen LogP) is 10.6. The molecule has 3 aliphatic rings. The fraction of sp³-hybridized carbons (Fsp3) is 0.135.